The second-order valence-electron chi connectivity index (χ2n) is 3.57. The third-order valence-corrected chi connectivity index (χ3v) is 3.39. The maximum Gasteiger partial charge on any atom is 0.0250 e. The average Bonchev–Trinajstić information content (AvgIpc) is 2.72. The first-order chi connectivity index (χ1) is 6.77. The normalized spacial score (nSPS) is 19.1. The average molecular weight is 275 g/mol. The molecule has 3 heteroatoms. The summed E-state index contributed by atoms with van der Waals surface area (Å²) in [5, 5.41) is 1.98. The van der Waals surface area contributed by atoms with Crippen LogP contribution in [-0.2, 0) is 21.7 Å². The molecule has 0 bridgehead atoms. The van der Waals surface area contributed by atoms with Gasteiger partial charge in [0.25, 0.3) is 0 Å². The zero-order chi connectivity index (χ0) is 9.97. The van der Waals surface area contributed by atoms with Gasteiger partial charge in [-0.1, -0.05) is 47.5 Å². The Bertz CT molecular complexity index is 326. The number of halogens is 2. The van der Waals surface area contributed by atoms with Gasteiger partial charge in [0.1, 0.15) is 0 Å². The molecule has 0 N–H and O–H groups in total. The Kier molecular flexibility index (Phi) is 5.42. The molecule has 0 unspecified atom stereocenters. The van der Waals surface area contributed by atoms with Crippen LogP contribution in [0.2, 0.25) is 0 Å². The Morgan fingerprint density at radius 3 is 1.53 bits per heavy atom. The molecular formula is C12H12Cl2Ti. The molecule has 0 heterocycles. The molecule has 0 aromatic carbocycles. The summed E-state index contributed by atoms with van der Waals surface area (Å²) in [6.07, 6.45) is 12.3. The molecule has 0 fully saturated rings. The molecule has 2 aliphatic carbocycles. The number of hydrogen-bond acceptors (Lipinski definition) is 0. The number of allylic oxidation sites excluding steroid dienone is 8. The number of hydrogen-bond donors (Lipinski definition) is 0. The van der Waals surface area contributed by atoms with Crippen molar-refractivity contribution in [1.29, 1.82) is 0 Å². The zero-order valence-corrected chi connectivity index (χ0v) is 11.5. The molecule has 0 aromatic heterocycles. The van der Waals surface area contributed by atoms with Gasteiger partial charge in [0.2, 0.25) is 0 Å². The summed E-state index contributed by atoms with van der Waals surface area (Å²) in [6.45, 7) is 0. The van der Waals surface area contributed by atoms with Gasteiger partial charge in [-0.3, -0.25) is 0 Å². The first kappa shape index (κ1) is 13.3. The van der Waals surface area contributed by atoms with E-state index >= 15 is 0 Å². The van der Waals surface area contributed by atoms with Crippen molar-refractivity contribution in [3.05, 3.63) is 45.5 Å². The molecule has 2 aliphatic rings. The van der Waals surface area contributed by atoms with Crippen molar-refractivity contribution in [2.75, 3.05) is 0 Å². The SMILES string of the molecule is ClC1=C(CCC2=C(Cl)CC=C2)C=CC1.[Ti]. The van der Waals surface area contributed by atoms with Crippen molar-refractivity contribution in [2.24, 2.45) is 0 Å². The first-order valence-electron chi connectivity index (χ1n) is 4.85. The van der Waals surface area contributed by atoms with Crippen LogP contribution >= 0.6 is 23.2 Å². The van der Waals surface area contributed by atoms with Crippen LogP contribution in [0.3, 0.4) is 0 Å². The van der Waals surface area contributed by atoms with E-state index in [2.05, 4.69) is 24.3 Å². The monoisotopic (exact) mass is 274 g/mol. The van der Waals surface area contributed by atoms with Crippen LogP contribution in [0.5, 0.6) is 0 Å². The van der Waals surface area contributed by atoms with Crippen LogP contribution in [0.15, 0.2) is 45.5 Å². The van der Waals surface area contributed by atoms with Crippen molar-refractivity contribution in [2.45, 2.75) is 25.7 Å². The van der Waals surface area contributed by atoms with Crippen LogP contribution in [0.1, 0.15) is 25.7 Å². The predicted octanol–water partition coefficient (Wildman–Crippen LogP) is 4.67. The summed E-state index contributed by atoms with van der Waals surface area (Å²) in [7, 11) is 0. The molecule has 0 nitrogen and oxygen atoms in total. The minimum absolute atomic E-state index is 0. The predicted molar refractivity (Wildman–Crippen MR) is 62.5 cm³/mol. The van der Waals surface area contributed by atoms with Gasteiger partial charge >= 0.3 is 0 Å². The fraction of sp³-hybridized carbons (Fsp3) is 0.333. The van der Waals surface area contributed by atoms with Crippen LogP contribution < -0.4 is 0 Å². The molecular weight excluding hydrogens is 263 g/mol. The van der Waals surface area contributed by atoms with Crippen molar-refractivity contribution >= 4 is 23.2 Å². The maximum atomic E-state index is 6.05. The minimum atomic E-state index is 0. The third kappa shape index (κ3) is 3.36. The standard InChI is InChI=1S/C12H12Cl2.Ti/c13-11-5-1-3-9(11)7-8-10-4-2-6-12(10)14;/h1-4H,5-8H2;. The summed E-state index contributed by atoms with van der Waals surface area (Å²) in [6, 6.07) is 0. The summed E-state index contributed by atoms with van der Waals surface area (Å²) < 4.78 is 0. The minimum Gasteiger partial charge on any atom is -0.0885 e. The fourth-order valence-corrected chi connectivity index (χ4v) is 2.25. The van der Waals surface area contributed by atoms with Gasteiger partial charge in [0, 0.05) is 44.6 Å². The van der Waals surface area contributed by atoms with Crippen molar-refractivity contribution in [3.63, 3.8) is 0 Å². The van der Waals surface area contributed by atoms with Gasteiger partial charge in [-0.05, 0) is 24.0 Å². The van der Waals surface area contributed by atoms with Gasteiger partial charge in [-0.15, -0.1) is 0 Å². The van der Waals surface area contributed by atoms with E-state index < -0.39 is 0 Å². The molecule has 78 valence electrons. The van der Waals surface area contributed by atoms with Gasteiger partial charge in [-0.25, -0.2) is 0 Å². The van der Waals surface area contributed by atoms with E-state index in [0.717, 1.165) is 35.7 Å². The van der Waals surface area contributed by atoms with E-state index in [1.165, 1.54) is 11.1 Å². The Hall–Kier alpha value is 0.254. The molecule has 0 atom stereocenters. The molecule has 0 radical (unpaired) electrons. The summed E-state index contributed by atoms with van der Waals surface area (Å²) in [5.74, 6) is 0. The van der Waals surface area contributed by atoms with E-state index in [1.807, 2.05) is 0 Å². The van der Waals surface area contributed by atoms with E-state index in [-0.39, 0.29) is 21.7 Å². The molecule has 2 rings (SSSR count). The van der Waals surface area contributed by atoms with Gasteiger partial charge in [-0.2, -0.15) is 0 Å². The third-order valence-electron chi connectivity index (χ3n) is 2.59. The Morgan fingerprint density at radius 2 is 1.27 bits per heavy atom. The van der Waals surface area contributed by atoms with E-state index in [9.17, 15) is 0 Å². The van der Waals surface area contributed by atoms with Gasteiger partial charge in [0.15, 0.2) is 0 Å². The first-order valence-corrected chi connectivity index (χ1v) is 5.61. The van der Waals surface area contributed by atoms with Gasteiger partial charge in [0.05, 0.1) is 0 Å². The summed E-state index contributed by atoms with van der Waals surface area (Å²) in [4.78, 5) is 0. The smallest absolute Gasteiger partial charge is 0.0250 e. The molecule has 15 heavy (non-hydrogen) atoms. The van der Waals surface area contributed by atoms with Crippen LogP contribution in [-0.4, -0.2) is 0 Å². The Morgan fingerprint density at radius 1 is 0.867 bits per heavy atom. The molecule has 0 aromatic rings. The number of rotatable bonds is 3. The largest absolute Gasteiger partial charge is 0.0885 e. The maximum absolute atomic E-state index is 6.05. The van der Waals surface area contributed by atoms with E-state index in [1.54, 1.807) is 0 Å². The molecule has 0 aliphatic heterocycles. The second kappa shape index (κ2) is 6.10. The topological polar surface area (TPSA) is 0 Å². The molecule has 0 amide bonds. The van der Waals surface area contributed by atoms with Gasteiger partial charge < -0.3 is 0 Å². The molecule has 0 saturated carbocycles. The van der Waals surface area contributed by atoms with Crippen molar-refractivity contribution in [3.8, 4) is 0 Å². The van der Waals surface area contributed by atoms with E-state index in [4.69, 9.17) is 23.2 Å². The fourth-order valence-electron chi connectivity index (χ4n) is 1.76. The van der Waals surface area contributed by atoms with Crippen LogP contribution in [0, 0.1) is 0 Å². The Labute approximate surface area is 116 Å². The summed E-state index contributed by atoms with van der Waals surface area (Å²) >= 11 is 12.1. The zero-order valence-electron chi connectivity index (χ0n) is 8.39. The van der Waals surface area contributed by atoms with Crippen LogP contribution in [0.4, 0.5) is 0 Å². The quantitative estimate of drug-likeness (QED) is 0.656. The summed E-state index contributed by atoms with van der Waals surface area (Å²) in [5.41, 5.74) is 2.54. The van der Waals surface area contributed by atoms with Crippen molar-refractivity contribution < 1.29 is 21.7 Å². The molecule has 0 saturated heterocycles. The molecule has 0 spiro atoms. The van der Waals surface area contributed by atoms with Crippen LogP contribution in [0.25, 0.3) is 0 Å². The van der Waals surface area contributed by atoms with E-state index in [0.29, 0.717) is 0 Å². The second-order valence-corrected chi connectivity index (χ2v) is 4.49. The Balaban J connectivity index is 0.00000112. The van der Waals surface area contributed by atoms with Crippen molar-refractivity contribution in [1.82, 2.24) is 0 Å².